The van der Waals surface area contributed by atoms with Crippen molar-refractivity contribution in [1.29, 1.82) is 0 Å². The topological polar surface area (TPSA) is 59.0 Å². The molecule has 1 aliphatic rings. The highest BCUT2D eigenvalue weighted by atomic mass is 16.9. The Morgan fingerprint density at radius 1 is 1.44 bits per heavy atom. The Kier molecular flexibility index (Phi) is 3.64. The third kappa shape index (κ3) is 2.23. The molecule has 96 valence electrons. The predicted octanol–water partition coefficient (Wildman–Crippen LogP) is 1.99. The highest BCUT2D eigenvalue weighted by Crippen LogP contribution is 2.33. The first kappa shape index (κ1) is 12.6. The number of allylic oxidation sites excluding steroid dienone is 1. The number of ether oxygens (including phenoxy) is 1. The maximum atomic E-state index is 11.8. The van der Waals surface area contributed by atoms with Crippen LogP contribution in [-0.4, -0.2) is 29.1 Å². The molecule has 5 nitrogen and oxygen atoms in total. The van der Waals surface area contributed by atoms with Crippen LogP contribution < -0.4 is 0 Å². The quantitative estimate of drug-likeness (QED) is 0.830. The van der Waals surface area contributed by atoms with E-state index in [4.69, 9.17) is 9.57 Å². The van der Waals surface area contributed by atoms with Gasteiger partial charge in [-0.25, -0.2) is 4.79 Å². The zero-order chi connectivity index (χ0) is 13.1. The summed E-state index contributed by atoms with van der Waals surface area (Å²) in [6.07, 6.45) is 0. The molecule has 1 atom stereocenters. The van der Waals surface area contributed by atoms with E-state index in [1.165, 1.54) is 0 Å². The van der Waals surface area contributed by atoms with E-state index in [0.29, 0.717) is 16.6 Å². The van der Waals surface area contributed by atoms with Gasteiger partial charge in [0.2, 0.25) is 0 Å². The minimum Gasteiger partial charge on any atom is -0.464 e. The van der Waals surface area contributed by atoms with Gasteiger partial charge in [-0.1, -0.05) is 30.3 Å². The first-order valence-electron chi connectivity index (χ1n) is 5.74. The fraction of sp³-hybridized carbons (Fsp3) is 0.308. The van der Waals surface area contributed by atoms with Crippen molar-refractivity contribution in [3.63, 3.8) is 0 Å². The molecular weight excluding hydrogens is 234 g/mol. The molecular formula is C13H15NO4. The van der Waals surface area contributed by atoms with Crippen LogP contribution in [-0.2, 0) is 14.4 Å². The number of rotatable bonds is 3. The normalized spacial score (nSPS) is 19.8. The van der Waals surface area contributed by atoms with Crippen molar-refractivity contribution in [2.75, 3.05) is 6.61 Å². The van der Waals surface area contributed by atoms with Crippen LogP contribution in [0.1, 0.15) is 19.4 Å². The van der Waals surface area contributed by atoms with Crippen LogP contribution in [0.25, 0.3) is 5.57 Å². The first-order chi connectivity index (χ1) is 8.65. The summed E-state index contributed by atoms with van der Waals surface area (Å²) < 4.78 is 4.94. The molecule has 0 bridgehead atoms. The van der Waals surface area contributed by atoms with E-state index < -0.39 is 12.0 Å². The predicted molar refractivity (Wildman–Crippen MR) is 64.2 cm³/mol. The van der Waals surface area contributed by atoms with Gasteiger partial charge in [0.05, 0.1) is 6.61 Å². The van der Waals surface area contributed by atoms with Gasteiger partial charge >= 0.3 is 5.97 Å². The number of nitrogens with zero attached hydrogens (tertiary/aromatic N) is 1. The second-order valence-corrected chi connectivity index (χ2v) is 3.88. The number of benzene rings is 1. The summed E-state index contributed by atoms with van der Waals surface area (Å²) in [7, 11) is 0. The lowest BCUT2D eigenvalue weighted by atomic mass is 9.98. The molecule has 5 heteroatoms. The fourth-order valence-corrected chi connectivity index (χ4v) is 1.95. The number of carbonyl (C=O) groups is 1. The second kappa shape index (κ2) is 5.20. The van der Waals surface area contributed by atoms with E-state index in [2.05, 4.69) is 0 Å². The SMILES string of the molecule is CCOC(=O)C1C(c2ccccc2)=C(C)ON1O. The van der Waals surface area contributed by atoms with Crippen LogP contribution in [0.3, 0.4) is 0 Å². The molecule has 0 spiro atoms. The summed E-state index contributed by atoms with van der Waals surface area (Å²) in [6.45, 7) is 3.67. The molecule has 2 rings (SSSR count). The van der Waals surface area contributed by atoms with Crippen LogP contribution in [0.5, 0.6) is 0 Å². The van der Waals surface area contributed by atoms with Crippen molar-refractivity contribution in [2.24, 2.45) is 0 Å². The Morgan fingerprint density at radius 3 is 2.72 bits per heavy atom. The molecule has 1 heterocycles. The largest absolute Gasteiger partial charge is 0.464 e. The molecule has 0 saturated carbocycles. The van der Waals surface area contributed by atoms with Gasteiger partial charge in [-0.2, -0.15) is 0 Å². The van der Waals surface area contributed by atoms with Crippen molar-refractivity contribution in [2.45, 2.75) is 19.9 Å². The molecule has 1 unspecified atom stereocenters. The molecule has 1 aromatic carbocycles. The summed E-state index contributed by atoms with van der Waals surface area (Å²) in [5, 5.41) is 10.2. The van der Waals surface area contributed by atoms with Crippen molar-refractivity contribution in [3.05, 3.63) is 41.7 Å². The Morgan fingerprint density at radius 2 is 2.11 bits per heavy atom. The molecule has 0 radical (unpaired) electrons. The van der Waals surface area contributed by atoms with Crippen molar-refractivity contribution < 1.29 is 19.6 Å². The van der Waals surface area contributed by atoms with Crippen molar-refractivity contribution in [1.82, 2.24) is 5.23 Å². The van der Waals surface area contributed by atoms with Gasteiger partial charge < -0.3 is 9.57 Å². The molecule has 1 aliphatic heterocycles. The average Bonchev–Trinajstić information content (AvgIpc) is 2.65. The van der Waals surface area contributed by atoms with Crippen LogP contribution in [0.4, 0.5) is 0 Å². The summed E-state index contributed by atoms with van der Waals surface area (Å²) >= 11 is 0. The number of hydroxylamine groups is 2. The average molecular weight is 249 g/mol. The van der Waals surface area contributed by atoms with Crippen LogP contribution >= 0.6 is 0 Å². The second-order valence-electron chi connectivity index (χ2n) is 3.88. The van der Waals surface area contributed by atoms with E-state index in [0.717, 1.165) is 5.56 Å². The zero-order valence-corrected chi connectivity index (χ0v) is 10.3. The summed E-state index contributed by atoms with van der Waals surface area (Å²) in [6, 6.07) is 8.37. The van der Waals surface area contributed by atoms with Crippen LogP contribution in [0, 0.1) is 0 Å². The lowest BCUT2D eigenvalue weighted by Crippen LogP contribution is -2.36. The maximum absolute atomic E-state index is 11.8. The Bertz CT molecular complexity index is 469. The minimum atomic E-state index is -0.938. The molecule has 0 aromatic heterocycles. The standard InChI is InChI=1S/C13H15NO4/c1-3-17-13(15)12-11(9(2)18-14(12)16)10-7-5-4-6-8-10/h4-8,12,16H,3H2,1-2H3. The van der Waals surface area contributed by atoms with Crippen LogP contribution in [0.2, 0.25) is 0 Å². The third-order valence-electron chi connectivity index (χ3n) is 2.70. The maximum Gasteiger partial charge on any atom is 0.334 e. The van der Waals surface area contributed by atoms with Gasteiger partial charge in [0, 0.05) is 5.57 Å². The molecule has 0 amide bonds. The molecule has 0 fully saturated rings. The fourth-order valence-electron chi connectivity index (χ4n) is 1.95. The molecule has 18 heavy (non-hydrogen) atoms. The smallest absolute Gasteiger partial charge is 0.334 e. The Hall–Kier alpha value is -1.85. The molecule has 0 aliphatic carbocycles. The summed E-state index contributed by atoms with van der Waals surface area (Å²) in [4.78, 5) is 16.9. The number of esters is 1. The Balaban J connectivity index is 2.36. The van der Waals surface area contributed by atoms with E-state index in [-0.39, 0.29) is 6.61 Å². The number of carbonyl (C=O) groups excluding carboxylic acids is 1. The van der Waals surface area contributed by atoms with E-state index in [1.54, 1.807) is 13.8 Å². The lowest BCUT2D eigenvalue weighted by Gasteiger charge is -2.16. The summed E-state index contributed by atoms with van der Waals surface area (Å²) in [5.74, 6) is -0.0440. The van der Waals surface area contributed by atoms with Crippen molar-refractivity contribution >= 4 is 11.5 Å². The number of hydrogen-bond donors (Lipinski definition) is 1. The molecule has 1 aromatic rings. The number of hydrogen-bond acceptors (Lipinski definition) is 5. The van der Waals surface area contributed by atoms with E-state index in [1.807, 2.05) is 30.3 Å². The van der Waals surface area contributed by atoms with Gasteiger partial charge in [-0.05, 0) is 24.6 Å². The van der Waals surface area contributed by atoms with Gasteiger partial charge in [0.15, 0.2) is 6.04 Å². The van der Waals surface area contributed by atoms with E-state index >= 15 is 0 Å². The van der Waals surface area contributed by atoms with Gasteiger partial charge in [0.1, 0.15) is 5.76 Å². The minimum absolute atomic E-state index is 0.254. The zero-order valence-electron chi connectivity index (χ0n) is 10.3. The summed E-state index contributed by atoms with van der Waals surface area (Å²) in [5.41, 5.74) is 1.45. The van der Waals surface area contributed by atoms with E-state index in [9.17, 15) is 10.0 Å². The van der Waals surface area contributed by atoms with Gasteiger partial charge in [-0.15, -0.1) is 0 Å². The highest BCUT2D eigenvalue weighted by molar-refractivity contribution is 5.93. The third-order valence-corrected chi connectivity index (χ3v) is 2.70. The Labute approximate surface area is 105 Å². The monoisotopic (exact) mass is 249 g/mol. The lowest BCUT2D eigenvalue weighted by molar-refractivity contribution is -0.316. The van der Waals surface area contributed by atoms with Gasteiger partial charge in [-0.3, -0.25) is 5.21 Å². The first-order valence-corrected chi connectivity index (χ1v) is 5.74. The molecule has 0 saturated heterocycles. The molecule has 1 N–H and O–H groups in total. The van der Waals surface area contributed by atoms with Gasteiger partial charge in [0.25, 0.3) is 0 Å². The highest BCUT2D eigenvalue weighted by Gasteiger charge is 2.40. The van der Waals surface area contributed by atoms with Crippen molar-refractivity contribution in [3.8, 4) is 0 Å². The van der Waals surface area contributed by atoms with Crippen LogP contribution in [0.15, 0.2) is 36.1 Å².